The summed E-state index contributed by atoms with van der Waals surface area (Å²) in [6.07, 6.45) is 1.03. The molecule has 0 amide bonds. The standard InChI is InChI=1S/C16H23N3S2.HI/c1-11-7-8-20-15(11)10-18-16(17-4)19-12(2)9-14-6-5-13(3)21-14;/h5-8,12H,9-10H2,1-4H3,(H2,17,18,19);1H. The Kier molecular flexibility index (Phi) is 8.41. The molecular formula is C16H24IN3S2. The van der Waals surface area contributed by atoms with Crippen molar-refractivity contribution in [1.29, 1.82) is 0 Å². The number of nitrogens with one attached hydrogen (secondary N) is 2. The second-order valence-corrected chi connectivity index (χ2v) is 7.59. The summed E-state index contributed by atoms with van der Waals surface area (Å²) in [6, 6.07) is 6.90. The van der Waals surface area contributed by atoms with E-state index < -0.39 is 0 Å². The minimum atomic E-state index is 0. The largest absolute Gasteiger partial charge is 0.354 e. The van der Waals surface area contributed by atoms with Crippen molar-refractivity contribution in [2.45, 2.75) is 39.8 Å². The lowest BCUT2D eigenvalue weighted by molar-refractivity contribution is 0.645. The lowest BCUT2D eigenvalue weighted by Crippen LogP contribution is -2.42. The van der Waals surface area contributed by atoms with Gasteiger partial charge in [-0.25, -0.2) is 0 Å². The summed E-state index contributed by atoms with van der Waals surface area (Å²) in [4.78, 5) is 8.45. The molecule has 2 N–H and O–H groups in total. The Bertz CT molecular complexity index is 604. The fraction of sp³-hybridized carbons (Fsp3) is 0.438. The quantitative estimate of drug-likeness (QED) is 0.405. The summed E-state index contributed by atoms with van der Waals surface area (Å²) in [5.74, 6) is 0.864. The first kappa shape index (κ1) is 19.4. The smallest absolute Gasteiger partial charge is 0.191 e. The van der Waals surface area contributed by atoms with Gasteiger partial charge in [0.15, 0.2) is 5.96 Å². The molecule has 1 unspecified atom stereocenters. The molecule has 0 spiro atoms. The number of halogens is 1. The molecule has 2 heterocycles. The zero-order valence-electron chi connectivity index (χ0n) is 13.5. The minimum absolute atomic E-state index is 0. The second-order valence-electron chi connectivity index (χ2n) is 5.21. The van der Waals surface area contributed by atoms with Crippen LogP contribution in [-0.2, 0) is 13.0 Å². The van der Waals surface area contributed by atoms with E-state index >= 15 is 0 Å². The predicted molar refractivity (Wildman–Crippen MR) is 110 cm³/mol. The molecule has 2 aromatic heterocycles. The average Bonchev–Trinajstić information content (AvgIpc) is 3.03. The highest BCUT2D eigenvalue weighted by molar-refractivity contribution is 14.0. The van der Waals surface area contributed by atoms with Crippen LogP contribution in [-0.4, -0.2) is 19.0 Å². The molecule has 0 aliphatic heterocycles. The van der Waals surface area contributed by atoms with Crippen LogP contribution in [0.3, 0.4) is 0 Å². The number of hydrogen-bond donors (Lipinski definition) is 2. The molecule has 0 aliphatic rings. The Hall–Kier alpha value is -0.600. The van der Waals surface area contributed by atoms with Gasteiger partial charge in [0.05, 0.1) is 6.54 Å². The van der Waals surface area contributed by atoms with Gasteiger partial charge in [-0.2, -0.15) is 0 Å². The van der Waals surface area contributed by atoms with Crippen LogP contribution in [0.2, 0.25) is 0 Å². The van der Waals surface area contributed by atoms with Crippen LogP contribution in [0.1, 0.15) is 27.1 Å². The second kappa shape index (κ2) is 9.52. The van der Waals surface area contributed by atoms with Gasteiger partial charge in [-0.1, -0.05) is 0 Å². The minimum Gasteiger partial charge on any atom is -0.354 e. The Morgan fingerprint density at radius 3 is 2.59 bits per heavy atom. The lowest BCUT2D eigenvalue weighted by atomic mass is 10.2. The van der Waals surface area contributed by atoms with Crippen LogP contribution in [0.5, 0.6) is 0 Å². The van der Waals surface area contributed by atoms with Crippen molar-refractivity contribution in [3.63, 3.8) is 0 Å². The molecule has 2 rings (SSSR count). The Labute approximate surface area is 158 Å². The first-order valence-corrected chi connectivity index (χ1v) is 8.83. The van der Waals surface area contributed by atoms with E-state index in [1.807, 2.05) is 18.4 Å². The van der Waals surface area contributed by atoms with Gasteiger partial charge in [-0.05, 0) is 49.9 Å². The van der Waals surface area contributed by atoms with Crippen molar-refractivity contribution in [3.8, 4) is 0 Å². The van der Waals surface area contributed by atoms with Crippen molar-refractivity contribution in [3.05, 3.63) is 43.8 Å². The van der Waals surface area contributed by atoms with Crippen LogP contribution >= 0.6 is 46.7 Å². The molecule has 1 atom stereocenters. The van der Waals surface area contributed by atoms with Crippen molar-refractivity contribution >= 4 is 52.6 Å². The first-order chi connectivity index (χ1) is 10.1. The van der Waals surface area contributed by atoms with Crippen molar-refractivity contribution in [2.24, 2.45) is 4.99 Å². The topological polar surface area (TPSA) is 36.4 Å². The molecule has 2 aromatic rings. The van der Waals surface area contributed by atoms with E-state index in [2.05, 4.69) is 60.0 Å². The Balaban J connectivity index is 0.00000242. The molecule has 0 bridgehead atoms. The predicted octanol–water partition coefficient (Wildman–Crippen LogP) is 4.34. The molecule has 0 aliphatic carbocycles. The molecule has 0 radical (unpaired) electrons. The van der Waals surface area contributed by atoms with E-state index in [0.29, 0.717) is 6.04 Å². The van der Waals surface area contributed by atoms with Gasteiger partial charge in [-0.15, -0.1) is 46.7 Å². The molecule has 3 nitrogen and oxygen atoms in total. The van der Waals surface area contributed by atoms with E-state index in [-0.39, 0.29) is 24.0 Å². The number of aliphatic imine (C=N–C) groups is 1. The maximum Gasteiger partial charge on any atom is 0.191 e. The fourth-order valence-corrected chi connectivity index (χ4v) is 3.99. The monoisotopic (exact) mass is 449 g/mol. The summed E-state index contributed by atoms with van der Waals surface area (Å²) in [7, 11) is 1.82. The van der Waals surface area contributed by atoms with Crippen molar-refractivity contribution in [2.75, 3.05) is 7.05 Å². The normalized spacial score (nSPS) is 12.6. The third kappa shape index (κ3) is 5.89. The summed E-state index contributed by atoms with van der Waals surface area (Å²) in [6.45, 7) is 7.31. The molecule has 122 valence electrons. The van der Waals surface area contributed by atoms with Crippen molar-refractivity contribution in [1.82, 2.24) is 10.6 Å². The lowest BCUT2D eigenvalue weighted by Gasteiger charge is -2.17. The van der Waals surface area contributed by atoms with Gasteiger partial charge in [0.25, 0.3) is 0 Å². The summed E-state index contributed by atoms with van der Waals surface area (Å²) in [5.41, 5.74) is 1.34. The summed E-state index contributed by atoms with van der Waals surface area (Å²) >= 11 is 3.65. The Morgan fingerprint density at radius 1 is 1.27 bits per heavy atom. The Morgan fingerprint density at radius 2 is 2.05 bits per heavy atom. The molecule has 22 heavy (non-hydrogen) atoms. The van der Waals surface area contributed by atoms with Gasteiger partial charge in [0.2, 0.25) is 0 Å². The number of nitrogens with zero attached hydrogens (tertiary/aromatic N) is 1. The highest BCUT2D eigenvalue weighted by atomic mass is 127. The summed E-state index contributed by atoms with van der Waals surface area (Å²) < 4.78 is 0. The van der Waals surface area contributed by atoms with E-state index in [4.69, 9.17) is 0 Å². The fourth-order valence-electron chi connectivity index (χ4n) is 2.12. The van der Waals surface area contributed by atoms with Crippen LogP contribution < -0.4 is 10.6 Å². The molecule has 6 heteroatoms. The van der Waals surface area contributed by atoms with Crippen LogP contribution in [0.15, 0.2) is 28.6 Å². The number of rotatable bonds is 5. The van der Waals surface area contributed by atoms with Crippen molar-refractivity contribution < 1.29 is 0 Å². The number of aryl methyl sites for hydroxylation is 2. The van der Waals surface area contributed by atoms with Gasteiger partial charge >= 0.3 is 0 Å². The van der Waals surface area contributed by atoms with Gasteiger partial charge in [-0.3, -0.25) is 4.99 Å². The SMILES string of the molecule is CN=C(NCc1sccc1C)NC(C)Cc1ccc(C)s1.I. The van der Waals surface area contributed by atoms with E-state index in [0.717, 1.165) is 18.9 Å². The van der Waals surface area contributed by atoms with Gasteiger partial charge in [0.1, 0.15) is 0 Å². The maximum atomic E-state index is 4.31. The number of guanidine groups is 1. The highest BCUT2D eigenvalue weighted by Crippen LogP contribution is 2.17. The van der Waals surface area contributed by atoms with Crippen LogP contribution in [0, 0.1) is 13.8 Å². The molecule has 0 saturated heterocycles. The van der Waals surface area contributed by atoms with E-state index in [9.17, 15) is 0 Å². The zero-order valence-corrected chi connectivity index (χ0v) is 17.4. The van der Waals surface area contributed by atoms with E-state index in [1.165, 1.54) is 20.2 Å². The van der Waals surface area contributed by atoms with Gasteiger partial charge in [0, 0.05) is 34.1 Å². The molecule has 0 aromatic carbocycles. The molecule has 0 fully saturated rings. The molecule has 0 saturated carbocycles. The third-order valence-corrected chi connectivity index (χ3v) is 5.34. The molecular weight excluding hydrogens is 425 g/mol. The summed E-state index contributed by atoms with van der Waals surface area (Å²) in [5, 5.41) is 8.97. The average molecular weight is 449 g/mol. The van der Waals surface area contributed by atoms with E-state index in [1.54, 1.807) is 11.3 Å². The van der Waals surface area contributed by atoms with Crippen LogP contribution in [0.4, 0.5) is 0 Å². The van der Waals surface area contributed by atoms with Gasteiger partial charge < -0.3 is 10.6 Å². The number of hydrogen-bond acceptors (Lipinski definition) is 3. The highest BCUT2D eigenvalue weighted by Gasteiger charge is 2.08. The third-order valence-electron chi connectivity index (χ3n) is 3.29. The zero-order chi connectivity index (χ0) is 15.2. The maximum absolute atomic E-state index is 4.31. The first-order valence-electron chi connectivity index (χ1n) is 7.14. The van der Waals surface area contributed by atoms with Crippen LogP contribution in [0.25, 0.3) is 0 Å². The number of thiophene rings is 2.